The minimum absolute atomic E-state index is 0.585. The second-order valence-electron chi connectivity index (χ2n) is 4.43. The monoisotopic (exact) mass is 331 g/mol. The molecule has 0 amide bonds. The van der Waals surface area contributed by atoms with E-state index in [1.807, 2.05) is 30.3 Å². The highest BCUT2D eigenvalue weighted by Crippen LogP contribution is 2.23. The molecule has 0 aliphatic heterocycles. The zero-order chi connectivity index (χ0) is 13.2. The summed E-state index contributed by atoms with van der Waals surface area (Å²) in [7, 11) is 0. The molecule has 0 saturated carbocycles. The number of hydrogen-bond acceptors (Lipinski definition) is 1. The van der Waals surface area contributed by atoms with E-state index >= 15 is 0 Å². The average molecular weight is 333 g/mol. The lowest BCUT2D eigenvalue weighted by Gasteiger charge is -2.06. The SMILES string of the molecule is Clc1nc2ccccc2cc1Cc1ccc(Br)cc1. The van der Waals surface area contributed by atoms with E-state index in [4.69, 9.17) is 11.6 Å². The van der Waals surface area contributed by atoms with Crippen molar-refractivity contribution in [3.63, 3.8) is 0 Å². The fourth-order valence-electron chi connectivity index (χ4n) is 2.08. The third-order valence-corrected chi connectivity index (χ3v) is 3.91. The zero-order valence-electron chi connectivity index (χ0n) is 10.1. The van der Waals surface area contributed by atoms with Crippen LogP contribution in [-0.2, 0) is 6.42 Å². The molecule has 1 aromatic heterocycles. The van der Waals surface area contributed by atoms with E-state index in [2.05, 4.69) is 45.2 Å². The van der Waals surface area contributed by atoms with Gasteiger partial charge in [-0.25, -0.2) is 4.98 Å². The maximum absolute atomic E-state index is 6.26. The van der Waals surface area contributed by atoms with Crippen molar-refractivity contribution < 1.29 is 0 Å². The van der Waals surface area contributed by atoms with Crippen LogP contribution in [0.25, 0.3) is 10.9 Å². The molecule has 0 aliphatic rings. The van der Waals surface area contributed by atoms with Gasteiger partial charge in [0.25, 0.3) is 0 Å². The molecule has 0 atom stereocenters. The largest absolute Gasteiger partial charge is 0.236 e. The molecule has 0 N–H and O–H groups in total. The molecule has 0 radical (unpaired) electrons. The first-order chi connectivity index (χ1) is 9.22. The van der Waals surface area contributed by atoms with Crippen molar-refractivity contribution >= 4 is 38.4 Å². The molecule has 0 aliphatic carbocycles. The lowest BCUT2D eigenvalue weighted by atomic mass is 10.0. The third-order valence-electron chi connectivity index (χ3n) is 3.06. The second kappa shape index (κ2) is 5.32. The van der Waals surface area contributed by atoms with Crippen molar-refractivity contribution in [2.45, 2.75) is 6.42 Å². The van der Waals surface area contributed by atoms with Gasteiger partial charge < -0.3 is 0 Å². The van der Waals surface area contributed by atoms with Gasteiger partial charge in [0.15, 0.2) is 0 Å². The van der Waals surface area contributed by atoms with Crippen LogP contribution < -0.4 is 0 Å². The molecule has 0 bridgehead atoms. The molecule has 0 saturated heterocycles. The van der Waals surface area contributed by atoms with Crippen LogP contribution in [0.5, 0.6) is 0 Å². The van der Waals surface area contributed by atoms with Gasteiger partial charge in [0.1, 0.15) is 5.15 Å². The normalized spacial score (nSPS) is 10.8. The molecule has 1 heterocycles. The summed E-state index contributed by atoms with van der Waals surface area (Å²) >= 11 is 9.70. The summed E-state index contributed by atoms with van der Waals surface area (Å²) in [6.45, 7) is 0. The Morgan fingerprint density at radius 3 is 2.53 bits per heavy atom. The molecule has 1 nitrogen and oxygen atoms in total. The van der Waals surface area contributed by atoms with Crippen molar-refractivity contribution in [2.75, 3.05) is 0 Å². The summed E-state index contributed by atoms with van der Waals surface area (Å²) in [6.07, 6.45) is 0.796. The van der Waals surface area contributed by atoms with Gasteiger partial charge >= 0.3 is 0 Å². The molecule has 3 aromatic rings. The maximum Gasteiger partial charge on any atom is 0.133 e. The Hall–Kier alpha value is -1.38. The lowest BCUT2D eigenvalue weighted by Crippen LogP contribution is -1.92. The standard InChI is InChI=1S/C16H11BrClN/c17-14-7-5-11(6-8-14)9-13-10-12-3-1-2-4-15(12)19-16(13)18/h1-8,10H,9H2. The van der Waals surface area contributed by atoms with Crippen LogP contribution in [0.1, 0.15) is 11.1 Å². The van der Waals surface area contributed by atoms with Gasteiger partial charge in [-0.05, 0) is 35.4 Å². The van der Waals surface area contributed by atoms with E-state index < -0.39 is 0 Å². The molecule has 19 heavy (non-hydrogen) atoms. The first-order valence-corrected chi connectivity index (χ1v) is 7.18. The van der Waals surface area contributed by atoms with Crippen molar-refractivity contribution in [3.05, 3.63) is 75.4 Å². The number of aromatic nitrogens is 1. The average Bonchev–Trinajstić information content (AvgIpc) is 2.42. The molecule has 2 aromatic carbocycles. The number of fused-ring (bicyclic) bond motifs is 1. The van der Waals surface area contributed by atoms with Crippen molar-refractivity contribution in [1.82, 2.24) is 4.98 Å². The van der Waals surface area contributed by atoms with Crippen LogP contribution >= 0.6 is 27.5 Å². The molecule has 0 fully saturated rings. The van der Waals surface area contributed by atoms with Gasteiger partial charge in [-0.2, -0.15) is 0 Å². The van der Waals surface area contributed by atoms with Crippen LogP contribution in [0.2, 0.25) is 5.15 Å². The fraction of sp³-hybridized carbons (Fsp3) is 0.0625. The second-order valence-corrected chi connectivity index (χ2v) is 5.71. The molecular formula is C16H11BrClN. The van der Waals surface area contributed by atoms with Gasteiger partial charge in [0, 0.05) is 16.3 Å². The van der Waals surface area contributed by atoms with Crippen LogP contribution in [0, 0.1) is 0 Å². The van der Waals surface area contributed by atoms with Crippen molar-refractivity contribution in [1.29, 1.82) is 0 Å². The highest BCUT2D eigenvalue weighted by molar-refractivity contribution is 9.10. The van der Waals surface area contributed by atoms with E-state index in [1.54, 1.807) is 0 Å². The number of rotatable bonds is 2. The molecule has 0 spiro atoms. The number of pyridine rings is 1. The van der Waals surface area contributed by atoms with Crippen LogP contribution in [0.4, 0.5) is 0 Å². The zero-order valence-corrected chi connectivity index (χ0v) is 12.4. The van der Waals surface area contributed by atoms with Crippen LogP contribution in [0.15, 0.2) is 59.1 Å². The minimum Gasteiger partial charge on any atom is -0.236 e. The third kappa shape index (κ3) is 2.80. The predicted molar refractivity (Wildman–Crippen MR) is 83.7 cm³/mol. The number of para-hydroxylation sites is 1. The predicted octanol–water partition coefficient (Wildman–Crippen LogP) is 5.24. The van der Waals surface area contributed by atoms with E-state index in [-0.39, 0.29) is 0 Å². The van der Waals surface area contributed by atoms with E-state index in [9.17, 15) is 0 Å². The Kier molecular flexibility index (Phi) is 3.54. The summed E-state index contributed by atoms with van der Waals surface area (Å²) in [4.78, 5) is 4.45. The van der Waals surface area contributed by atoms with E-state index in [0.717, 1.165) is 27.4 Å². The summed E-state index contributed by atoms with van der Waals surface area (Å²) < 4.78 is 1.08. The molecule has 3 rings (SSSR count). The Bertz CT molecular complexity index is 722. The Labute approximate surface area is 125 Å². The molecule has 0 unspecified atom stereocenters. The minimum atomic E-state index is 0.585. The summed E-state index contributed by atoms with van der Waals surface area (Å²) in [5, 5.41) is 1.71. The highest BCUT2D eigenvalue weighted by Gasteiger charge is 2.05. The Morgan fingerprint density at radius 1 is 1.00 bits per heavy atom. The Balaban J connectivity index is 2.00. The van der Waals surface area contributed by atoms with Gasteiger partial charge in [0.05, 0.1) is 5.52 Å². The topological polar surface area (TPSA) is 12.9 Å². The quantitative estimate of drug-likeness (QED) is 0.585. The van der Waals surface area contributed by atoms with Gasteiger partial charge in [-0.15, -0.1) is 0 Å². The van der Waals surface area contributed by atoms with Gasteiger partial charge in [0.2, 0.25) is 0 Å². The van der Waals surface area contributed by atoms with Crippen LogP contribution in [0.3, 0.4) is 0 Å². The van der Waals surface area contributed by atoms with Gasteiger partial charge in [-0.3, -0.25) is 0 Å². The maximum atomic E-state index is 6.26. The van der Waals surface area contributed by atoms with Crippen molar-refractivity contribution in [3.8, 4) is 0 Å². The number of benzene rings is 2. The smallest absolute Gasteiger partial charge is 0.133 e. The number of nitrogens with zero attached hydrogens (tertiary/aromatic N) is 1. The summed E-state index contributed by atoms with van der Waals surface area (Å²) in [5.74, 6) is 0. The molecule has 94 valence electrons. The molecular weight excluding hydrogens is 322 g/mol. The number of hydrogen-bond donors (Lipinski definition) is 0. The molecule has 3 heteroatoms. The number of halogens is 2. The van der Waals surface area contributed by atoms with Gasteiger partial charge in [-0.1, -0.05) is 57.9 Å². The first kappa shape index (κ1) is 12.6. The van der Waals surface area contributed by atoms with E-state index in [1.165, 1.54) is 5.56 Å². The summed E-state index contributed by atoms with van der Waals surface area (Å²) in [6, 6.07) is 18.4. The van der Waals surface area contributed by atoms with E-state index in [0.29, 0.717) is 5.15 Å². The first-order valence-electron chi connectivity index (χ1n) is 6.01. The lowest BCUT2D eigenvalue weighted by molar-refractivity contribution is 1.17. The summed E-state index contributed by atoms with van der Waals surface area (Å²) in [5.41, 5.74) is 3.22. The van der Waals surface area contributed by atoms with Crippen molar-refractivity contribution in [2.24, 2.45) is 0 Å². The fourth-order valence-corrected chi connectivity index (χ4v) is 2.56. The Morgan fingerprint density at radius 2 is 1.74 bits per heavy atom. The highest BCUT2D eigenvalue weighted by atomic mass is 79.9. The van der Waals surface area contributed by atoms with Crippen LogP contribution in [-0.4, -0.2) is 4.98 Å².